The summed E-state index contributed by atoms with van der Waals surface area (Å²) in [4.78, 5) is 42.3. The summed E-state index contributed by atoms with van der Waals surface area (Å²) >= 11 is 0. The zero-order valence-corrected chi connectivity index (χ0v) is 18.0. The molecule has 0 bridgehead atoms. The van der Waals surface area contributed by atoms with Gasteiger partial charge in [0.05, 0.1) is 11.1 Å². The molecule has 0 radical (unpaired) electrons. The summed E-state index contributed by atoms with van der Waals surface area (Å²) in [6, 6.07) is 4.33. The molecule has 1 aromatic carbocycles. The average molecular weight is 504 g/mol. The van der Waals surface area contributed by atoms with Crippen molar-refractivity contribution in [2.24, 2.45) is 0 Å². The highest BCUT2D eigenvalue weighted by Crippen LogP contribution is 2.36. The first-order valence-corrected chi connectivity index (χ1v) is 11.0. The number of alkyl halides is 3. The molecule has 1 aliphatic rings. The third-order valence-corrected chi connectivity index (χ3v) is 4.92. The molecule has 3 N–H and O–H groups in total. The number of nitrogens with zero attached hydrogens (tertiary/aromatic N) is 1. The van der Waals surface area contributed by atoms with Gasteiger partial charge in [-0.2, -0.15) is 13.2 Å². The van der Waals surface area contributed by atoms with Gasteiger partial charge in [0.25, 0.3) is 11.5 Å². The van der Waals surface area contributed by atoms with Gasteiger partial charge in [0.2, 0.25) is 0 Å². The number of nitrogens with one attached hydrogen (secondary N) is 1. The largest absolute Gasteiger partial charge is 0.471 e. The molecule has 1 heterocycles. The molecule has 1 aromatic heterocycles. The summed E-state index contributed by atoms with van der Waals surface area (Å²) in [5.74, 6) is -1.39. The maximum Gasteiger partial charge on any atom is 0.471 e. The second-order valence-corrected chi connectivity index (χ2v) is 8.22. The Balaban J connectivity index is 1.87. The van der Waals surface area contributed by atoms with Crippen LogP contribution >= 0.6 is 7.82 Å². The summed E-state index contributed by atoms with van der Waals surface area (Å²) in [7, 11) is -4.83. The van der Waals surface area contributed by atoms with Gasteiger partial charge in [-0.25, -0.2) is 8.96 Å². The van der Waals surface area contributed by atoms with Crippen molar-refractivity contribution >= 4 is 19.4 Å². The number of carbonyl (C=O) groups excluding carboxylic acids is 1. The van der Waals surface area contributed by atoms with Crippen molar-refractivity contribution in [1.82, 2.24) is 4.57 Å². The summed E-state index contributed by atoms with van der Waals surface area (Å²) in [6.45, 7) is -0.771. The Hall–Kier alpha value is -3.25. The zero-order chi connectivity index (χ0) is 25.1. The van der Waals surface area contributed by atoms with E-state index in [0.29, 0.717) is 6.07 Å². The molecule has 0 atom stereocenters. The van der Waals surface area contributed by atoms with Crippen LogP contribution in [0, 0.1) is 0 Å². The zero-order valence-electron chi connectivity index (χ0n) is 17.1. The summed E-state index contributed by atoms with van der Waals surface area (Å²) in [5.41, 5.74) is -2.51. The fourth-order valence-corrected chi connectivity index (χ4v) is 3.09. The fourth-order valence-electron chi connectivity index (χ4n) is 2.82. The van der Waals surface area contributed by atoms with Gasteiger partial charge in [-0.15, -0.1) is 0 Å². The van der Waals surface area contributed by atoms with Gasteiger partial charge >= 0.3 is 14.0 Å². The summed E-state index contributed by atoms with van der Waals surface area (Å²) in [6.07, 6.45) is -1.06. The quantitative estimate of drug-likeness (QED) is 0.383. The van der Waals surface area contributed by atoms with Gasteiger partial charge in [0.1, 0.15) is 24.1 Å². The minimum absolute atomic E-state index is 0.0377. The highest BCUT2D eigenvalue weighted by molar-refractivity contribution is 7.46. The number of phosphoric ester groups is 1. The van der Waals surface area contributed by atoms with Crippen molar-refractivity contribution in [3.63, 3.8) is 0 Å². The number of phosphoric acid groups is 1. The van der Waals surface area contributed by atoms with Crippen LogP contribution in [0.2, 0.25) is 0 Å². The molecule has 14 heteroatoms. The van der Waals surface area contributed by atoms with Crippen molar-refractivity contribution in [2.45, 2.75) is 25.7 Å². The SMILES string of the molecule is O=C(Nc1ccn(COP(=O)(O)O)c(=O)c1)c1cc(C(F)(F)F)ccc1OC1=CC=C(F)CC1. The molecule has 182 valence electrons. The van der Waals surface area contributed by atoms with Crippen LogP contribution in [-0.2, 0) is 22.0 Å². The smallest absolute Gasteiger partial charge is 0.461 e. The van der Waals surface area contributed by atoms with E-state index in [1.54, 1.807) is 0 Å². The Labute approximate surface area is 189 Å². The Morgan fingerprint density at radius 3 is 2.47 bits per heavy atom. The highest BCUT2D eigenvalue weighted by Gasteiger charge is 2.32. The van der Waals surface area contributed by atoms with E-state index < -0.39 is 49.2 Å². The Kier molecular flexibility index (Phi) is 7.41. The number of anilines is 1. The van der Waals surface area contributed by atoms with E-state index in [0.717, 1.165) is 35.0 Å². The molecule has 0 unspecified atom stereocenters. The van der Waals surface area contributed by atoms with Crippen LogP contribution in [0.3, 0.4) is 0 Å². The Bertz CT molecular complexity index is 1260. The predicted octanol–water partition coefficient (Wildman–Crippen LogP) is 4.10. The van der Waals surface area contributed by atoms with E-state index in [4.69, 9.17) is 14.5 Å². The molecule has 1 amide bonds. The predicted molar refractivity (Wildman–Crippen MR) is 110 cm³/mol. The number of pyridine rings is 1. The second kappa shape index (κ2) is 9.94. The van der Waals surface area contributed by atoms with Crippen molar-refractivity contribution < 1.29 is 46.0 Å². The Morgan fingerprint density at radius 2 is 1.88 bits per heavy atom. The molecular weight excluding hydrogens is 487 g/mol. The number of amides is 1. The fraction of sp³-hybridized carbons (Fsp3) is 0.200. The van der Waals surface area contributed by atoms with Gasteiger partial charge in [0, 0.05) is 30.8 Å². The molecule has 2 aromatic rings. The molecule has 34 heavy (non-hydrogen) atoms. The van der Waals surface area contributed by atoms with Gasteiger partial charge in [0.15, 0.2) is 0 Å². The first-order valence-electron chi connectivity index (χ1n) is 9.48. The van der Waals surface area contributed by atoms with Gasteiger partial charge < -0.3 is 19.8 Å². The number of benzene rings is 1. The molecule has 9 nitrogen and oxygen atoms in total. The average Bonchev–Trinajstić information content (AvgIpc) is 2.73. The number of hydrogen-bond donors (Lipinski definition) is 3. The first kappa shape index (κ1) is 25.4. The van der Waals surface area contributed by atoms with Crippen LogP contribution in [0.5, 0.6) is 5.75 Å². The van der Waals surface area contributed by atoms with E-state index in [1.165, 1.54) is 12.1 Å². The van der Waals surface area contributed by atoms with Crippen molar-refractivity contribution in [2.75, 3.05) is 5.32 Å². The second-order valence-electron chi connectivity index (χ2n) is 6.98. The molecule has 0 spiro atoms. The standard InChI is InChI=1S/C20H17F4N2O7P/c21-13-2-4-15(5-3-13)33-17-6-1-12(20(22,23)24)9-16(17)19(28)25-14-7-8-26(18(27)10-14)11-32-34(29,30)31/h1-2,4,6-10H,3,5,11H2,(H,25,28)(H2,29,30,31). The number of ether oxygens (including phenoxy) is 1. The lowest BCUT2D eigenvalue weighted by atomic mass is 10.1. The van der Waals surface area contributed by atoms with E-state index in [9.17, 15) is 31.7 Å². The number of aromatic nitrogens is 1. The van der Waals surface area contributed by atoms with Crippen LogP contribution < -0.4 is 15.6 Å². The van der Waals surface area contributed by atoms with Crippen molar-refractivity contribution in [1.29, 1.82) is 0 Å². The third-order valence-electron chi connectivity index (χ3n) is 4.47. The monoisotopic (exact) mass is 504 g/mol. The van der Waals surface area contributed by atoms with Crippen LogP contribution in [0.15, 0.2) is 65.1 Å². The summed E-state index contributed by atoms with van der Waals surface area (Å²) < 4.78 is 74.1. The number of hydrogen-bond acceptors (Lipinski definition) is 5. The Morgan fingerprint density at radius 1 is 1.15 bits per heavy atom. The van der Waals surface area contributed by atoms with E-state index >= 15 is 0 Å². The molecule has 0 saturated heterocycles. The maximum atomic E-state index is 13.2. The molecular formula is C20H17F4N2O7P. The molecule has 0 aliphatic heterocycles. The molecule has 3 rings (SSSR count). The van der Waals surface area contributed by atoms with Crippen molar-refractivity contribution in [3.05, 3.63) is 81.7 Å². The lowest BCUT2D eigenvalue weighted by molar-refractivity contribution is -0.137. The molecule has 0 fully saturated rings. The van der Waals surface area contributed by atoms with Gasteiger partial charge in [-0.3, -0.25) is 18.7 Å². The minimum Gasteiger partial charge on any atom is -0.461 e. The number of allylic oxidation sites excluding steroid dienone is 4. The number of rotatable bonds is 7. The van der Waals surface area contributed by atoms with Crippen LogP contribution in [0.4, 0.5) is 23.2 Å². The van der Waals surface area contributed by atoms with Crippen molar-refractivity contribution in [3.8, 4) is 5.75 Å². The maximum absolute atomic E-state index is 13.2. The lowest BCUT2D eigenvalue weighted by Gasteiger charge is -2.17. The highest BCUT2D eigenvalue weighted by atomic mass is 31.2. The summed E-state index contributed by atoms with van der Waals surface area (Å²) in [5, 5.41) is 2.28. The van der Waals surface area contributed by atoms with Gasteiger partial charge in [-0.1, -0.05) is 0 Å². The molecule has 1 aliphatic carbocycles. The normalized spacial score (nSPS) is 14.3. The van der Waals surface area contributed by atoms with Crippen LogP contribution in [0.1, 0.15) is 28.8 Å². The van der Waals surface area contributed by atoms with E-state index in [1.807, 2.05) is 0 Å². The van der Waals surface area contributed by atoms with Crippen LogP contribution in [-0.4, -0.2) is 20.3 Å². The number of carbonyl (C=O) groups is 1. The van der Waals surface area contributed by atoms with E-state index in [-0.39, 0.29) is 30.0 Å². The topological polar surface area (TPSA) is 127 Å². The third kappa shape index (κ3) is 6.87. The van der Waals surface area contributed by atoms with Gasteiger partial charge in [-0.05, 0) is 36.4 Å². The van der Waals surface area contributed by atoms with E-state index in [2.05, 4.69) is 9.84 Å². The minimum atomic E-state index is -4.83. The first-order chi connectivity index (χ1) is 15.8. The van der Waals surface area contributed by atoms with Crippen LogP contribution in [0.25, 0.3) is 0 Å². The number of halogens is 4. The lowest BCUT2D eigenvalue weighted by Crippen LogP contribution is -2.22. The molecule has 0 saturated carbocycles.